The number of pyridine rings is 1. The lowest BCUT2D eigenvalue weighted by Gasteiger charge is -2.10. The third kappa shape index (κ3) is 5.49. The summed E-state index contributed by atoms with van der Waals surface area (Å²) in [7, 11) is 0. The maximum absolute atomic E-state index is 12.3. The van der Waals surface area contributed by atoms with E-state index in [1.165, 1.54) is 36.4 Å². The second-order valence-corrected chi connectivity index (χ2v) is 8.26. The first-order valence-corrected chi connectivity index (χ1v) is 10.7. The third-order valence-electron chi connectivity index (χ3n) is 4.69. The summed E-state index contributed by atoms with van der Waals surface area (Å²) in [6.45, 7) is 0. The zero-order valence-electron chi connectivity index (χ0n) is 15.7. The van der Waals surface area contributed by atoms with Crippen LogP contribution in [-0.2, 0) is 17.6 Å². The second-order valence-electron chi connectivity index (χ2n) is 6.77. The minimum Gasteiger partial charge on any atom is -0.478 e. The monoisotopic (exact) mass is 429 g/mol. The molecule has 1 heterocycles. The molecule has 0 spiro atoms. The molecule has 2 aromatic rings. The number of rotatable bonds is 6. The van der Waals surface area contributed by atoms with Crippen molar-refractivity contribution in [3.63, 3.8) is 0 Å². The fourth-order valence-corrected chi connectivity index (χ4v) is 4.27. The first kappa shape index (κ1) is 21.2. The van der Waals surface area contributed by atoms with Crippen molar-refractivity contribution in [3.05, 3.63) is 51.7 Å². The number of aromatic nitrogens is 1. The van der Waals surface area contributed by atoms with Crippen LogP contribution in [0.1, 0.15) is 52.9 Å². The van der Waals surface area contributed by atoms with Crippen LogP contribution >= 0.6 is 23.4 Å². The summed E-state index contributed by atoms with van der Waals surface area (Å²) in [6, 6.07) is 8.30. The molecule has 1 aromatic carbocycles. The van der Waals surface area contributed by atoms with Gasteiger partial charge in [0.1, 0.15) is 11.1 Å². The highest BCUT2D eigenvalue weighted by Crippen LogP contribution is 2.28. The van der Waals surface area contributed by atoms with Gasteiger partial charge in [-0.3, -0.25) is 4.79 Å². The van der Waals surface area contributed by atoms with Crippen LogP contribution in [-0.4, -0.2) is 27.7 Å². The highest BCUT2D eigenvalue weighted by molar-refractivity contribution is 7.99. The Morgan fingerprint density at radius 3 is 2.79 bits per heavy atom. The number of hydrogen-bond acceptors (Lipinski definition) is 5. The van der Waals surface area contributed by atoms with E-state index in [1.54, 1.807) is 0 Å². The average Bonchev–Trinajstić information content (AvgIpc) is 2.93. The Labute approximate surface area is 178 Å². The molecule has 0 aliphatic heterocycles. The lowest BCUT2D eigenvalue weighted by molar-refractivity contribution is -0.115. The lowest BCUT2D eigenvalue weighted by Crippen LogP contribution is -2.13. The van der Waals surface area contributed by atoms with Gasteiger partial charge < -0.3 is 10.4 Å². The number of thioether (sulfide) groups is 1. The molecule has 2 N–H and O–H groups in total. The normalized spacial score (nSPS) is 13.1. The summed E-state index contributed by atoms with van der Waals surface area (Å²) in [5.41, 5.74) is 3.09. The largest absolute Gasteiger partial charge is 0.478 e. The minimum absolute atomic E-state index is 0.0481. The SMILES string of the molecule is N#Cc1cc2c(nc1SCCC(=O)Nc1cc(C(=O)O)ccc1Cl)CCCCC2. The second kappa shape index (κ2) is 9.77. The molecule has 0 saturated heterocycles. The van der Waals surface area contributed by atoms with Crippen molar-refractivity contribution in [2.75, 3.05) is 11.1 Å². The van der Waals surface area contributed by atoms with Crippen molar-refractivity contribution in [2.24, 2.45) is 0 Å². The zero-order valence-corrected chi connectivity index (χ0v) is 17.3. The van der Waals surface area contributed by atoms with E-state index in [9.17, 15) is 14.9 Å². The van der Waals surface area contributed by atoms with Gasteiger partial charge in [0.25, 0.3) is 0 Å². The van der Waals surface area contributed by atoms with Gasteiger partial charge in [-0.2, -0.15) is 5.26 Å². The van der Waals surface area contributed by atoms with Crippen molar-refractivity contribution >= 4 is 40.9 Å². The Morgan fingerprint density at radius 2 is 2.03 bits per heavy atom. The Bertz CT molecular complexity index is 988. The molecular formula is C21H20ClN3O3S. The number of nitrogens with one attached hydrogen (secondary N) is 1. The van der Waals surface area contributed by atoms with Crippen LogP contribution in [0.25, 0.3) is 0 Å². The molecule has 0 fully saturated rings. The van der Waals surface area contributed by atoms with Gasteiger partial charge in [-0.25, -0.2) is 9.78 Å². The number of halogens is 1. The number of nitriles is 1. The minimum atomic E-state index is -1.09. The zero-order chi connectivity index (χ0) is 20.8. The molecule has 0 atom stereocenters. The molecule has 3 rings (SSSR count). The molecule has 0 saturated carbocycles. The van der Waals surface area contributed by atoms with Gasteiger partial charge in [0.2, 0.25) is 5.91 Å². The lowest BCUT2D eigenvalue weighted by atomic mass is 10.1. The van der Waals surface area contributed by atoms with Gasteiger partial charge in [-0.1, -0.05) is 18.0 Å². The number of hydrogen-bond donors (Lipinski definition) is 2. The Hall–Kier alpha value is -2.56. The summed E-state index contributed by atoms with van der Waals surface area (Å²) >= 11 is 7.42. The van der Waals surface area contributed by atoms with Crippen molar-refractivity contribution in [3.8, 4) is 6.07 Å². The Balaban J connectivity index is 1.62. The van der Waals surface area contributed by atoms with E-state index >= 15 is 0 Å². The van der Waals surface area contributed by atoms with Crippen LogP contribution in [0, 0.1) is 11.3 Å². The van der Waals surface area contributed by atoms with E-state index in [1.807, 2.05) is 6.07 Å². The summed E-state index contributed by atoms with van der Waals surface area (Å²) in [4.78, 5) is 28.0. The molecular weight excluding hydrogens is 410 g/mol. The van der Waals surface area contributed by atoms with E-state index in [0.29, 0.717) is 16.3 Å². The number of amides is 1. The Morgan fingerprint density at radius 1 is 1.24 bits per heavy atom. The first-order chi connectivity index (χ1) is 14.0. The number of nitrogens with zero attached hydrogens (tertiary/aromatic N) is 2. The van der Waals surface area contributed by atoms with Crippen LogP contribution in [0.2, 0.25) is 5.02 Å². The number of aryl methyl sites for hydroxylation is 2. The van der Waals surface area contributed by atoms with Crippen molar-refractivity contribution in [2.45, 2.75) is 43.6 Å². The van der Waals surface area contributed by atoms with Crippen molar-refractivity contribution < 1.29 is 14.7 Å². The predicted octanol–water partition coefficient (Wildman–Crippen LogP) is 4.69. The number of fused-ring (bicyclic) bond motifs is 1. The number of carboxylic acid groups (broad SMARTS) is 1. The standard InChI is InChI=1S/C21H20ClN3O3S/c22-16-7-6-14(21(27)28)11-18(16)24-19(26)8-9-29-20-15(12-23)10-13-4-2-1-3-5-17(13)25-20/h6-7,10-11H,1-5,8-9H2,(H,24,26)(H,27,28). The third-order valence-corrected chi connectivity index (χ3v) is 6.01. The number of benzene rings is 1. The maximum Gasteiger partial charge on any atom is 0.335 e. The number of carbonyl (C=O) groups excluding carboxylic acids is 1. The highest BCUT2D eigenvalue weighted by atomic mass is 35.5. The molecule has 0 bridgehead atoms. The summed E-state index contributed by atoms with van der Waals surface area (Å²) in [5.74, 6) is -0.927. The molecule has 29 heavy (non-hydrogen) atoms. The van der Waals surface area contributed by atoms with Crippen LogP contribution in [0.15, 0.2) is 29.3 Å². The molecule has 1 aliphatic carbocycles. The molecule has 1 aliphatic rings. The van der Waals surface area contributed by atoms with Crippen LogP contribution in [0.5, 0.6) is 0 Å². The molecule has 0 unspecified atom stereocenters. The fourth-order valence-electron chi connectivity index (χ4n) is 3.19. The maximum atomic E-state index is 12.3. The van der Waals surface area contributed by atoms with Gasteiger partial charge in [0.15, 0.2) is 0 Å². The van der Waals surface area contributed by atoms with E-state index in [2.05, 4.69) is 11.4 Å². The van der Waals surface area contributed by atoms with Gasteiger partial charge in [0, 0.05) is 17.9 Å². The summed E-state index contributed by atoms with van der Waals surface area (Å²) in [6.07, 6.45) is 5.47. The fraction of sp³-hybridized carbons (Fsp3) is 0.333. The predicted molar refractivity (Wildman–Crippen MR) is 113 cm³/mol. The molecule has 6 nitrogen and oxygen atoms in total. The van der Waals surface area contributed by atoms with Gasteiger partial charge >= 0.3 is 5.97 Å². The van der Waals surface area contributed by atoms with E-state index in [4.69, 9.17) is 21.7 Å². The molecule has 0 radical (unpaired) electrons. The number of aromatic carboxylic acids is 1. The van der Waals surface area contributed by atoms with Crippen LogP contribution in [0.4, 0.5) is 5.69 Å². The van der Waals surface area contributed by atoms with Crippen molar-refractivity contribution in [1.29, 1.82) is 5.26 Å². The van der Waals surface area contributed by atoms with E-state index < -0.39 is 5.97 Å². The van der Waals surface area contributed by atoms with E-state index in [-0.39, 0.29) is 28.6 Å². The quantitative estimate of drug-likeness (QED) is 0.509. The van der Waals surface area contributed by atoms with E-state index in [0.717, 1.165) is 36.9 Å². The number of carboxylic acids is 1. The first-order valence-electron chi connectivity index (χ1n) is 9.36. The van der Waals surface area contributed by atoms with Crippen LogP contribution < -0.4 is 5.32 Å². The van der Waals surface area contributed by atoms with Gasteiger partial charge in [-0.05, 0) is 55.5 Å². The topological polar surface area (TPSA) is 103 Å². The highest BCUT2D eigenvalue weighted by Gasteiger charge is 2.15. The molecule has 1 aromatic heterocycles. The summed E-state index contributed by atoms with van der Waals surface area (Å²) < 4.78 is 0. The van der Waals surface area contributed by atoms with Gasteiger partial charge in [0.05, 0.1) is 21.8 Å². The van der Waals surface area contributed by atoms with Gasteiger partial charge in [-0.15, -0.1) is 11.8 Å². The Kier molecular flexibility index (Phi) is 7.13. The molecule has 8 heteroatoms. The number of anilines is 1. The van der Waals surface area contributed by atoms with Crippen molar-refractivity contribution in [1.82, 2.24) is 4.98 Å². The molecule has 1 amide bonds. The summed E-state index contributed by atoms with van der Waals surface area (Å²) in [5, 5.41) is 22.1. The van der Waals surface area contributed by atoms with Crippen LogP contribution in [0.3, 0.4) is 0 Å². The smallest absolute Gasteiger partial charge is 0.335 e. The average molecular weight is 430 g/mol. The molecule has 150 valence electrons. The number of carbonyl (C=O) groups is 2.